The molecule has 3 aromatic rings. The van der Waals surface area contributed by atoms with E-state index in [2.05, 4.69) is 0 Å². The van der Waals surface area contributed by atoms with Gasteiger partial charge < -0.3 is 23.5 Å². The molecule has 1 aromatic heterocycles. The zero-order valence-electron chi connectivity index (χ0n) is 19.1. The summed E-state index contributed by atoms with van der Waals surface area (Å²) in [6, 6.07) is 11.9. The van der Waals surface area contributed by atoms with Crippen LogP contribution in [0.1, 0.15) is 35.2 Å². The summed E-state index contributed by atoms with van der Waals surface area (Å²) in [5, 5.41) is 0.821. The Labute approximate surface area is 196 Å². The highest BCUT2D eigenvalue weighted by molar-refractivity contribution is 6.00. The number of piperidine rings is 1. The lowest BCUT2D eigenvalue weighted by atomic mass is 9.82. The van der Waals surface area contributed by atoms with Gasteiger partial charge in [0.15, 0.2) is 12.4 Å². The molecule has 1 spiro atoms. The number of carbonyl (C=O) groups is 2. The fourth-order valence-corrected chi connectivity index (χ4v) is 4.67. The van der Waals surface area contributed by atoms with Gasteiger partial charge in [0, 0.05) is 43.5 Å². The molecule has 0 N–H and O–H groups in total. The molecule has 1 amide bonds. The highest BCUT2D eigenvalue weighted by Gasteiger charge is 2.43. The van der Waals surface area contributed by atoms with Gasteiger partial charge in [-0.3, -0.25) is 9.59 Å². The maximum Gasteiger partial charge on any atom is 0.336 e. The quantitative estimate of drug-likeness (QED) is 0.547. The fraction of sp³-hybridized carbons (Fsp3) is 0.346. The van der Waals surface area contributed by atoms with Crippen molar-refractivity contribution in [3.8, 4) is 17.2 Å². The molecule has 0 aliphatic carbocycles. The summed E-state index contributed by atoms with van der Waals surface area (Å²) in [5.74, 6) is 1.53. The summed E-state index contributed by atoms with van der Waals surface area (Å²) >= 11 is 0. The first-order valence-electron chi connectivity index (χ1n) is 11.2. The normalized spacial score (nSPS) is 16.8. The molecule has 0 saturated carbocycles. The van der Waals surface area contributed by atoms with Crippen LogP contribution in [0.5, 0.6) is 17.2 Å². The number of hydrogen-bond acceptors (Lipinski definition) is 7. The third-order valence-corrected chi connectivity index (χ3v) is 6.61. The van der Waals surface area contributed by atoms with Gasteiger partial charge in [0.25, 0.3) is 5.91 Å². The minimum Gasteiger partial charge on any atom is -0.497 e. The van der Waals surface area contributed by atoms with E-state index >= 15 is 0 Å². The van der Waals surface area contributed by atoms with E-state index in [-0.39, 0.29) is 24.7 Å². The molecule has 0 bridgehead atoms. The van der Waals surface area contributed by atoms with Crippen molar-refractivity contribution < 1.29 is 28.2 Å². The molecule has 2 aliphatic heterocycles. The second-order valence-electron chi connectivity index (χ2n) is 8.82. The van der Waals surface area contributed by atoms with Crippen LogP contribution in [0.4, 0.5) is 0 Å². The molecular formula is C26H25NO7. The first-order chi connectivity index (χ1) is 16.4. The second-order valence-corrected chi connectivity index (χ2v) is 8.82. The first kappa shape index (κ1) is 22.0. The van der Waals surface area contributed by atoms with Crippen LogP contribution in [0, 0.1) is 6.92 Å². The van der Waals surface area contributed by atoms with Crippen LogP contribution in [-0.4, -0.2) is 49.0 Å². The van der Waals surface area contributed by atoms with Gasteiger partial charge in [-0.15, -0.1) is 0 Å². The van der Waals surface area contributed by atoms with E-state index in [0.717, 1.165) is 10.9 Å². The molecule has 34 heavy (non-hydrogen) atoms. The monoisotopic (exact) mass is 463 g/mol. The number of benzene rings is 2. The summed E-state index contributed by atoms with van der Waals surface area (Å²) in [4.78, 5) is 38.9. The van der Waals surface area contributed by atoms with Crippen LogP contribution >= 0.6 is 0 Å². The summed E-state index contributed by atoms with van der Waals surface area (Å²) in [5.41, 5.74) is 0.765. The molecule has 176 valence electrons. The van der Waals surface area contributed by atoms with E-state index in [9.17, 15) is 14.4 Å². The van der Waals surface area contributed by atoms with E-state index in [1.807, 2.05) is 13.0 Å². The molecule has 8 nitrogen and oxygen atoms in total. The summed E-state index contributed by atoms with van der Waals surface area (Å²) in [6.07, 6.45) is 1.42. The van der Waals surface area contributed by atoms with Crippen LogP contribution in [0.2, 0.25) is 0 Å². The van der Waals surface area contributed by atoms with Crippen molar-refractivity contribution in [1.82, 2.24) is 4.90 Å². The van der Waals surface area contributed by atoms with Gasteiger partial charge in [-0.2, -0.15) is 0 Å². The number of carbonyl (C=O) groups excluding carboxylic acids is 2. The first-order valence-corrected chi connectivity index (χ1v) is 11.2. The van der Waals surface area contributed by atoms with Crippen LogP contribution in [-0.2, 0) is 4.79 Å². The molecule has 2 aromatic carbocycles. The second kappa shape index (κ2) is 8.52. The molecule has 1 fully saturated rings. The Kier molecular flexibility index (Phi) is 5.51. The van der Waals surface area contributed by atoms with E-state index in [4.69, 9.17) is 18.6 Å². The molecule has 1 saturated heterocycles. The molecule has 0 radical (unpaired) electrons. The maximum absolute atomic E-state index is 12.8. The third kappa shape index (κ3) is 4.11. The Balaban J connectivity index is 1.20. The van der Waals surface area contributed by atoms with Gasteiger partial charge in [0.1, 0.15) is 28.4 Å². The minimum absolute atomic E-state index is 0.0291. The number of amides is 1. The number of likely N-dealkylation sites (tertiary alicyclic amines) is 1. The number of ether oxygens (including phenoxy) is 3. The van der Waals surface area contributed by atoms with Crippen molar-refractivity contribution in [2.45, 2.75) is 31.8 Å². The maximum atomic E-state index is 12.8. The summed E-state index contributed by atoms with van der Waals surface area (Å²) in [7, 11) is 1.56. The number of ketones is 1. The zero-order chi connectivity index (χ0) is 23.9. The van der Waals surface area contributed by atoms with Crippen molar-refractivity contribution in [3.63, 3.8) is 0 Å². The van der Waals surface area contributed by atoms with Crippen molar-refractivity contribution in [1.29, 1.82) is 0 Å². The van der Waals surface area contributed by atoms with Crippen LogP contribution in [0.15, 0.2) is 51.7 Å². The SMILES string of the molecule is COc1ccc2c(c1)C(=O)CC1(CCN(C(=O)COc3ccc4c(C)cc(=O)oc4c3)CC1)O2. The number of nitrogens with zero attached hydrogens (tertiary/aromatic N) is 1. The average Bonchev–Trinajstić information content (AvgIpc) is 2.82. The number of fused-ring (bicyclic) bond motifs is 2. The fourth-order valence-electron chi connectivity index (χ4n) is 4.67. The zero-order valence-corrected chi connectivity index (χ0v) is 19.1. The largest absolute Gasteiger partial charge is 0.497 e. The number of Topliss-reactive ketones (excluding diaryl/α,β-unsaturated/α-hetero) is 1. The van der Waals surface area contributed by atoms with Crippen molar-refractivity contribution >= 4 is 22.7 Å². The molecule has 2 aliphatic rings. The van der Waals surface area contributed by atoms with Crippen LogP contribution in [0.3, 0.4) is 0 Å². The minimum atomic E-state index is -0.593. The number of aryl methyl sites for hydroxylation is 1. The van der Waals surface area contributed by atoms with Crippen molar-refractivity contribution in [3.05, 3.63) is 64.0 Å². The number of hydrogen-bond donors (Lipinski definition) is 0. The molecule has 5 rings (SSSR count). The molecular weight excluding hydrogens is 438 g/mol. The predicted octanol–water partition coefficient (Wildman–Crippen LogP) is 3.52. The van der Waals surface area contributed by atoms with Crippen molar-refractivity contribution in [2.75, 3.05) is 26.8 Å². The predicted molar refractivity (Wildman–Crippen MR) is 124 cm³/mol. The van der Waals surface area contributed by atoms with Gasteiger partial charge in [-0.1, -0.05) is 0 Å². The smallest absolute Gasteiger partial charge is 0.336 e. The lowest BCUT2D eigenvalue weighted by Crippen LogP contribution is -2.53. The third-order valence-electron chi connectivity index (χ3n) is 6.61. The van der Waals surface area contributed by atoms with E-state index in [1.54, 1.807) is 42.3 Å². The summed E-state index contributed by atoms with van der Waals surface area (Å²) in [6.45, 7) is 2.67. The molecule has 0 atom stereocenters. The van der Waals surface area contributed by atoms with Gasteiger partial charge in [0.2, 0.25) is 0 Å². The van der Waals surface area contributed by atoms with Gasteiger partial charge in [0.05, 0.1) is 19.1 Å². The van der Waals surface area contributed by atoms with E-state index in [1.165, 1.54) is 6.07 Å². The van der Waals surface area contributed by atoms with E-state index < -0.39 is 11.2 Å². The Morgan fingerprint density at radius 2 is 1.82 bits per heavy atom. The lowest BCUT2D eigenvalue weighted by Gasteiger charge is -2.43. The van der Waals surface area contributed by atoms with Gasteiger partial charge in [-0.05, 0) is 42.8 Å². The summed E-state index contributed by atoms with van der Waals surface area (Å²) < 4.78 is 22.4. The topological polar surface area (TPSA) is 95.3 Å². The van der Waals surface area contributed by atoms with Crippen LogP contribution in [0.25, 0.3) is 11.0 Å². The number of rotatable bonds is 4. The van der Waals surface area contributed by atoms with Gasteiger partial charge >= 0.3 is 5.63 Å². The number of methoxy groups -OCH3 is 1. The Morgan fingerprint density at radius 3 is 2.59 bits per heavy atom. The highest BCUT2D eigenvalue weighted by atomic mass is 16.5. The van der Waals surface area contributed by atoms with Gasteiger partial charge in [-0.25, -0.2) is 4.79 Å². The average molecular weight is 463 g/mol. The van der Waals surface area contributed by atoms with E-state index in [0.29, 0.717) is 54.3 Å². The Bertz CT molecular complexity index is 1330. The molecule has 3 heterocycles. The highest BCUT2D eigenvalue weighted by Crippen LogP contribution is 2.40. The lowest BCUT2D eigenvalue weighted by molar-refractivity contribution is -0.136. The standard InChI is InChI=1S/C26H25NO7/c1-16-11-25(30)33-23-13-18(3-5-19(16)23)32-15-24(29)27-9-7-26(8-10-27)14-21(28)20-12-17(31-2)4-6-22(20)34-26/h3-6,11-13H,7-10,14-15H2,1-2H3. The van der Waals surface area contributed by atoms with Crippen LogP contribution < -0.4 is 19.8 Å². The molecule has 0 unspecified atom stereocenters. The van der Waals surface area contributed by atoms with Crippen molar-refractivity contribution in [2.24, 2.45) is 0 Å². The Morgan fingerprint density at radius 1 is 1.06 bits per heavy atom. The Hall–Kier alpha value is -3.81. The molecule has 8 heteroatoms.